The van der Waals surface area contributed by atoms with Gasteiger partial charge in [0.25, 0.3) is 5.91 Å². The Hall–Kier alpha value is -3.54. The van der Waals surface area contributed by atoms with Crippen LogP contribution >= 0.6 is 0 Å². The van der Waals surface area contributed by atoms with Crippen molar-refractivity contribution < 1.29 is 18.7 Å². The number of hydrogen-bond acceptors (Lipinski definition) is 5. The summed E-state index contributed by atoms with van der Waals surface area (Å²) in [6.07, 6.45) is 0. The lowest BCUT2D eigenvalue weighted by Crippen LogP contribution is -2.11. The number of carbonyl (C=O) groups is 1. The van der Waals surface area contributed by atoms with E-state index in [1.54, 1.807) is 32.4 Å². The van der Waals surface area contributed by atoms with Crippen molar-refractivity contribution in [2.45, 2.75) is 0 Å². The molecule has 6 heteroatoms. The first kappa shape index (κ1) is 16.0. The number of nitrogens with one attached hydrogen (secondary N) is 1. The van der Waals surface area contributed by atoms with Crippen LogP contribution in [0.5, 0.6) is 11.5 Å². The normalized spacial score (nSPS) is 10.8. The Bertz CT molecular complexity index is 1120. The molecule has 6 nitrogen and oxygen atoms in total. The lowest BCUT2D eigenvalue weighted by atomic mass is 10.2. The van der Waals surface area contributed by atoms with Crippen molar-refractivity contribution in [1.29, 1.82) is 0 Å². The molecule has 4 aromatic rings. The van der Waals surface area contributed by atoms with E-state index < -0.39 is 0 Å². The second-order valence-electron chi connectivity index (χ2n) is 5.71. The number of hydrogen-bond donors (Lipinski definition) is 1. The van der Waals surface area contributed by atoms with Crippen molar-refractivity contribution in [3.05, 3.63) is 60.4 Å². The number of ether oxygens (including phenoxy) is 2. The van der Waals surface area contributed by atoms with Crippen LogP contribution in [0.25, 0.3) is 22.0 Å². The van der Waals surface area contributed by atoms with Crippen LogP contribution in [0.3, 0.4) is 0 Å². The number of benzene rings is 2. The number of pyridine rings is 1. The quantitative estimate of drug-likeness (QED) is 0.597. The van der Waals surface area contributed by atoms with E-state index in [0.717, 1.165) is 16.3 Å². The van der Waals surface area contributed by atoms with Gasteiger partial charge in [0.15, 0.2) is 5.76 Å². The number of furan rings is 1. The van der Waals surface area contributed by atoms with E-state index in [0.29, 0.717) is 22.9 Å². The van der Waals surface area contributed by atoms with Crippen LogP contribution in [-0.4, -0.2) is 25.1 Å². The summed E-state index contributed by atoms with van der Waals surface area (Å²) in [6, 6.07) is 16.4. The fourth-order valence-corrected chi connectivity index (χ4v) is 2.78. The minimum atomic E-state index is -0.367. The van der Waals surface area contributed by atoms with Gasteiger partial charge >= 0.3 is 0 Å². The zero-order chi connectivity index (χ0) is 18.1. The second kappa shape index (κ2) is 6.40. The van der Waals surface area contributed by atoms with E-state index in [4.69, 9.17) is 13.9 Å². The average molecular weight is 348 g/mol. The molecule has 26 heavy (non-hydrogen) atoms. The number of rotatable bonds is 4. The molecule has 0 bridgehead atoms. The van der Waals surface area contributed by atoms with Crippen LogP contribution in [-0.2, 0) is 0 Å². The Morgan fingerprint density at radius 3 is 2.65 bits per heavy atom. The molecule has 0 aliphatic rings. The summed E-state index contributed by atoms with van der Waals surface area (Å²) in [5.41, 5.74) is 1.71. The molecule has 2 aromatic carbocycles. The Morgan fingerprint density at radius 2 is 1.85 bits per heavy atom. The molecule has 0 aliphatic carbocycles. The van der Waals surface area contributed by atoms with Gasteiger partial charge in [0.1, 0.15) is 11.5 Å². The molecule has 0 spiro atoms. The van der Waals surface area contributed by atoms with Crippen molar-refractivity contribution in [3.8, 4) is 11.5 Å². The fourth-order valence-electron chi connectivity index (χ4n) is 2.78. The minimum absolute atomic E-state index is 0.181. The summed E-state index contributed by atoms with van der Waals surface area (Å²) in [4.78, 5) is 17.0. The molecule has 0 saturated heterocycles. The second-order valence-corrected chi connectivity index (χ2v) is 5.71. The van der Waals surface area contributed by atoms with E-state index in [2.05, 4.69) is 10.3 Å². The molecule has 2 aromatic heterocycles. The SMILES string of the molecule is COc1ccc2cc3cc(C(=O)Nc4ccccc4OC)oc3nc2c1. The van der Waals surface area contributed by atoms with E-state index in [-0.39, 0.29) is 11.7 Å². The Labute approximate surface area is 149 Å². The molecule has 0 radical (unpaired) electrons. The summed E-state index contributed by atoms with van der Waals surface area (Å²) >= 11 is 0. The highest BCUT2D eigenvalue weighted by Crippen LogP contribution is 2.27. The minimum Gasteiger partial charge on any atom is -0.497 e. The first-order valence-electron chi connectivity index (χ1n) is 8.00. The van der Waals surface area contributed by atoms with Crippen LogP contribution in [0.1, 0.15) is 10.6 Å². The Balaban J connectivity index is 1.70. The monoisotopic (exact) mass is 348 g/mol. The zero-order valence-electron chi connectivity index (χ0n) is 14.3. The first-order valence-corrected chi connectivity index (χ1v) is 8.00. The fraction of sp³-hybridized carbons (Fsp3) is 0.100. The van der Waals surface area contributed by atoms with E-state index in [1.807, 2.05) is 36.4 Å². The van der Waals surface area contributed by atoms with Crippen molar-refractivity contribution >= 4 is 33.6 Å². The maximum absolute atomic E-state index is 12.5. The number of amides is 1. The number of nitrogens with zero attached hydrogens (tertiary/aromatic N) is 1. The number of aromatic nitrogens is 1. The summed E-state index contributed by atoms with van der Waals surface area (Å²) < 4.78 is 16.1. The van der Waals surface area contributed by atoms with Crippen molar-refractivity contribution in [2.24, 2.45) is 0 Å². The first-order chi connectivity index (χ1) is 12.7. The van der Waals surface area contributed by atoms with E-state index in [9.17, 15) is 4.79 Å². The van der Waals surface area contributed by atoms with Gasteiger partial charge in [0.05, 0.1) is 25.4 Å². The number of methoxy groups -OCH3 is 2. The van der Waals surface area contributed by atoms with Gasteiger partial charge in [-0.25, -0.2) is 4.98 Å². The van der Waals surface area contributed by atoms with Crippen molar-refractivity contribution in [3.63, 3.8) is 0 Å². The molecule has 0 saturated carbocycles. The van der Waals surface area contributed by atoms with Gasteiger partial charge in [-0.3, -0.25) is 4.79 Å². The van der Waals surface area contributed by atoms with E-state index in [1.165, 1.54) is 0 Å². The Kier molecular flexibility index (Phi) is 3.93. The molecule has 0 fully saturated rings. The molecule has 1 amide bonds. The predicted molar refractivity (Wildman–Crippen MR) is 99.0 cm³/mol. The molecule has 0 aliphatic heterocycles. The van der Waals surface area contributed by atoms with Gasteiger partial charge in [-0.05, 0) is 36.4 Å². The molecule has 1 N–H and O–H groups in total. The van der Waals surface area contributed by atoms with Crippen molar-refractivity contribution in [2.75, 3.05) is 19.5 Å². The van der Waals surface area contributed by atoms with Crippen LogP contribution in [0, 0.1) is 0 Å². The van der Waals surface area contributed by atoms with Crippen molar-refractivity contribution in [1.82, 2.24) is 4.98 Å². The third-order valence-electron chi connectivity index (χ3n) is 4.09. The summed E-state index contributed by atoms with van der Waals surface area (Å²) in [5, 5.41) is 4.49. The lowest BCUT2D eigenvalue weighted by Gasteiger charge is -2.08. The molecule has 130 valence electrons. The maximum atomic E-state index is 12.5. The van der Waals surface area contributed by atoms with Crippen LogP contribution in [0.2, 0.25) is 0 Å². The summed E-state index contributed by atoms with van der Waals surface area (Å²) in [5.74, 6) is 1.10. The zero-order valence-corrected chi connectivity index (χ0v) is 14.3. The van der Waals surface area contributed by atoms with Crippen LogP contribution in [0.15, 0.2) is 59.0 Å². The topological polar surface area (TPSA) is 73.6 Å². The highest BCUT2D eigenvalue weighted by atomic mass is 16.5. The predicted octanol–water partition coefficient (Wildman–Crippen LogP) is 4.25. The molecule has 0 unspecified atom stereocenters. The smallest absolute Gasteiger partial charge is 0.291 e. The standard InChI is InChI=1S/C20H16N2O4/c1-24-14-8-7-12-9-13-10-18(26-20(13)22-16(12)11-14)19(23)21-15-5-3-4-6-17(15)25-2/h3-11H,1-2H3,(H,21,23). The molecule has 2 heterocycles. The number of para-hydroxylation sites is 2. The van der Waals surface area contributed by atoms with Gasteiger partial charge in [0, 0.05) is 16.8 Å². The van der Waals surface area contributed by atoms with Gasteiger partial charge in [-0.15, -0.1) is 0 Å². The van der Waals surface area contributed by atoms with Gasteiger partial charge in [-0.1, -0.05) is 12.1 Å². The largest absolute Gasteiger partial charge is 0.497 e. The lowest BCUT2D eigenvalue weighted by molar-refractivity contribution is 0.0998. The van der Waals surface area contributed by atoms with E-state index >= 15 is 0 Å². The third-order valence-corrected chi connectivity index (χ3v) is 4.09. The molecule has 0 atom stereocenters. The van der Waals surface area contributed by atoms with Crippen LogP contribution in [0.4, 0.5) is 5.69 Å². The molecular formula is C20H16N2O4. The summed E-state index contributed by atoms with van der Waals surface area (Å²) in [7, 11) is 3.16. The Morgan fingerprint density at radius 1 is 1.00 bits per heavy atom. The highest BCUT2D eigenvalue weighted by molar-refractivity contribution is 6.05. The highest BCUT2D eigenvalue weighted by Gasteiger charge is 2.15. The average Bonchev–Trinajstić information content (AvgIpc) is 3.09. The van der Waals surface area contributed by atoms with Gasteiger partial charge < -0.3 is 19.2 Å². The van der Waals surface area contributed by atoms with Gasteiger partial charge in [0.2, 0.25) is 5.71 Å². The third kappa shape index (κ3) is 2.82. The number of anilines is 1. The molecule has 4 rings (SSSR count). The number of fused-ring (bicyclic) bond motifs is 2. The number of carbonyl (C=O) groups excluding carboxylic acids is 1. The van der Waals surface area contributed by atoms with Gasteiger partial charge in [-0.2, -0.15) is 0 Å². The maximum Gasteiger partial charge on any atom is 0.291 e. The van der Waals surface area contributed by atoms with Crippen LogP contribution < -0.4 is 14.8 Å². The molecular weight excluding hydrogens is 332 g/mol. The summed E-state index contributed by atoms with van der Waals surface area (Å²) in [6.45, 7) is 0.